The van der Waals surface area contributed by atoms with Gasteiger partial charge in [0.2, 0.25) is 0 Å². The molecule has 0 aliphatic heterocycles. The molecule has 2 saturated carbocycles. The number of nitrogens with one attached hydrogen (secondary N) is 1. The predicted molar refractivity (Wildman–Crippen MR) is 85.2 cm³/mol. The maximum Gasteiger partial charge on any atom is 0.0661 e. The fourth-order valence-corrected chi connectivity index (χ4v) is 5.12. The molecule has 1 heterocycles. The third-order valence-corrected chi connectivity index (χ3v) is 6.37. The Labute approximate surface area is 126 Å². The van der Waals surface area contributed by atoms with E-state index in [1.54, 1.807) is 0 Å². The summed E-state index contributed by atoms with van der Waals surface area (Å²) < 4.78 is 6.01. The van der Waals surface area contributed by atoms with Crippen LogP contribution in [0.15, 0.2) is 17.5 Å². The summed E-state index contributed by atoms with van der Waals surface area (Å²) in [5.74, 6) is 0. The molecule has 3 atom stereocenters. The first-order chi connectivity index (χ1) is 9.80. The van der Waals surface area contributed by atoms with Crippen molar-refractivity contribution in [2.75, 3.05) is 6.61 Å². The molecule has 1 spiro atoms. The van der Waals surface area contributed by atoms with Crippen LogP contribution in [0.3, 0.4) is 0 Å². The van der Waals surface area contributed by atoms with Crippen molar-refractivity contribution in [1.29, 1.82) is 0 Å². The fraction of sp³-hybridized carbons (Fsp3) is 0.765. The molecule has 3 rings (SSSR count). The van der Waals surface area contributed by atoms with Gasteiger partial charge >= 0.3 is 0 Å². The average molecular weight is 293 g/mol. The quantitative estimate of drug-likeness (QED) is 0.832. The highest BCUT2D eigenvalue weighted by molar-refractivity contribution is 7.10. The summed E-state index contributed by atoms with van der Waals surface area (Å²) >= 11 is 1.88. The van der Waals surface area contributed by atoms with E-state index in [4.69, 9.17) is 4.74 Å². The Morgan fingerprint density at radius 3 is 2.80 bits per heavy atom. The van der Waals surface area contributed by atoms with Gasteiger partial charge in [0.05, 0.1) is 6.10 Å². The number of thiophene rings is 1. The van der Waals surface area contributed by atoms with Gasteiger partial charge in [0.1, 0.15) is 0 Å². The van der Waals surface area contributed by atoms with E-state index in [1.807, 2.05) is 11.3 Å². The largest absolute Gasteiger partial charge is 0.378 e. The van der Waals surface area contributed by atoms with Crippen molar-refractivity contribution >= 4 is 11.3 Å². The van der Waals surface area contributed by atoms with Crippen LogP contribution in [-0.4, -0.2) is 18.8 Å². The van der Waals surface area contributed by atoms with Gasteiger partial charge in [-0.2, -0.15) is 0 Å². The number of rotatable bonds is 6. The summed E-state index contributed by atoms with van der Waals surface area (Å²) in [4.78, 5) is 1.49. The van der Waals surface area contributed by atoms with Crippen LogP contribution in [0.1, 0.15) is 63.3 Å². The molecule has 2 aliphatic rings. The molecule has 3 heteroatoms. The smallest absolute Gasteiger partial charge is 0.0661 e. The van der Waals surface area contributed by atoms with Crippen molar-refractivity contribution in [3.63, 3.8) is 0 Å². The molecule has 2 aliphatic carbocycles. The van der Waals surface area contributed by atoms with Crippen molar-refractivity contribution in [3.8, 4) is 0 Å². The van der Waals surface area contributed by atoms with E-state index in [9.17, 15) is 0 Å². The Hall–Kier alpha value is -0.380. The first-order valence-electron chi connectivity index (χ1n) is 8.21. The van der Waals surface area contributed by atoms with Crippen molar-refractivity contribution in [2.24, 2.45) is 5.41 Å². The van der Waals surface area contributed by atoms with Crippen LogP contribution in [0.25, 0.3) is 0 Å². The molecule has 0 radical (unpaired) electrons. The van der Waals surface area contributed by atoms with Gasteiger partial charge in [-0.1, -0.05) is 25.8 Å². The lowest BCUT2D eigenvalue weighted by Crippen LogP contribution is -2.63. The molecule has 2 nitrogen and oxygen atoms in total. The Bertz CT molecular complexity index is 411. The van der Waals surface area contributed by atoms with Crippen molar-refractivity contribution in [3.05, 3.63) is 22.4 Å². The van der Waals surface area contributed by atoms with Gasteiger partial charge in [0.25, 0.3) is 0 Å². The van der Waals surface area contributed by atoms with Crippen molar-refractivity contribution in [1.82, 2.24) is 5.32 Å². The molecule has 3 unspecified atom stereocenters. The van der Waals surface area contributed by atoms with Gasteiger partial charge in [-0.05, 0) is 44.1 Å². The number of hydrogen-bond acceptors (Lipinski definition) is 3. The van der Waals surface area contributed by atoms with Gasteiger partial charge in [0, 0.05) is 29.0 Å². The molecular formula is C17H27NOS. The van der Waals surface area contributed by atoms with Gasteiger partial charge in [-0.25, -0.2) is 0 Å². The summed E-state index contributed by atoms with van der Waals surface area (Å²) in [6, 6.07) is 5.62. The zero-order chi connectivity index (χ0) is 14.0. The van der Waals surface area contributed by atoms with Crippen LogP contribution in [0.4, 0.5) is 0 Å². The molecule has 0 saturated heterocycles. The minimum absolute atomic E-state index is 0.445. The lowest BCUT2D eigenvalue weighted by Gasteiger charge is -2.55. The van der Waals surface area contributed by atoms with E-state index in [2.05, 4.69) is 36.7 Å². The topological polar surface area (TPSA) is 21.3 Å². The molecule has 112 valence electrons. The van der Waals surface area contributed by atoms with Crippen LogP contribution in [-0.2, 0) is 4.74 Å². The number of ether oxygens (including phenoxy) is 1. The van der Waals surface area contributed by atoms with Crippen molar-refractivity contribution < 1.29 is 4.74 Å². The maximum atomic E-state index is 6.01. The number of hydrogen-bond donors (Lipinski definition) is 1. The van der Waals surface area contributed by atoms with E-state index in [0.29, 0.717) is 23.6 Å². The minimum Gasteiger partial charge on any atom is -0.378 e. The summed E-state index contributed by atoms with van der Waals surface area (Å²) in [7, 11) is 0. The summed E-state index contributed by atoms with van der Waals surface area (Å²) in [6.07, 6.45) is 8.37. The van der Waals surface area contributed by atoms with E-state index in [-0.39, 0.29) is 0 Å². The van der Waals surface area contributed by atoms with Crippen LogP contribution in [0, 0.1) is 5.41 Å². The normalized spacial score (nSPS) is 29.5. The highest BCUT2D eigenvalue weighted by atomic mass is 32.1. The standard InChI is InChI=1S/C17H27NOS/c1-3-13(14-8-7-11-20-14)18-15-12-16(19-4-2)17(15)9-5-6-10-17/h7-8,11,13,15-16,18H,3-6,9-10,12H2,1-2H3. The van der Waals surface area contributed by atoms with Gasteiger partial charge < -0.3 is 10.1 Å². The molecule has 1 N–H and O–H groups in total. The van der Waals surface area contributed by atoms with E-state index < -0.39 is 0 Å². The highest BCUT2D eigenvalue weighted by Gasteiger charge is 2.56. The SMILES string of the molecule is CCOC1CC(NC(CC)c2cccs2)C12CCCC2. The Morgan fingerprint density at radius 2 is 2.20 bits per heavy atom. The van der Waals surface area contributed by atoms with E-state index in [1.165, 1.54) is 43.4 Å². The molecule has 0 aromatic carbocycles. The first kappa shape index (κ1) is 14.6. The molecule has 1 aromatic heterocycles. The summed E-state index contributed by atoms with van der Waals surface area (Å²) in [5, 5.41) is 6.15. The van der Waals surface area contributed by atoms with Gasteiger partial charge in [-0.15, -0.1) is 11.3 Å². The van der Waals surface area contributed by atoms with E-state index >= 15 is 0 Å². The zero-order valence-electron chi connectivity index (χ0n) is 12.7. The summed E-state index contributed by atoms with van der Waals surface area (Å²) in [6.45, 7) is 5.28. The highest BCUT2D eigenvalue weighted by Crippen LogP contribution is 2.55. The second-order valence-corrected chi connectivity index (χ2v) is 7.29. The second-order valence-electron chi connectivity index (χ2n) is 6.32. The van der Waals surface area contributed by atoms with E-state index in [0.717, 1.165) is 6.61 Å². The third kappa shape index (κ3) is 2.44. The van der Waals surface area contributed by atoms with Gasteiger partial charge in [0.15, 0.2) is 0 Å². The lowest BCUT2D eigenvalue weighted by atomic mass is 9.60. The summed E-state index contributed by atoms with van der Waals surface area (Å²) in [5.41, 5.74) is 0.445. The lowest BCUT2D eigenvalue weighted by molar-refractivity contribution is -0.132. The minimum atomic E-state index is 0.445. The molecule has 0 bridgehead atoms. The first-order valence-corrected chi connectivity index (χ1v) is 9.09. The molecule has 1 aromatic rings. The Balaban J connectivity index is 1.68. The fourth-order valence-electron chi connectivity index (χ4n) is 4.25. The van der Waals surface area contributed by atoms with Crippen LogP contribution >= 0.6 is 11.3 Å². The zero-order valence-corrected chi connectivity index (χ0v) is 13.5. The third-order valence-electron chi connectivity index (χ3n) is 5.38. The van der Waals surface area contributed by atoms with Crippen LogP contribution in [0.5, 0.6) is 0 Å². The average Bonchev–Trinajstić information content (AvgIpc) is 3.13. The molecular weight excluding hydrogens is 266 g/mol. The maximum absolute atomic E-state index is 6.01. The Morgan fingerprint density at radius 1 is 1.40 bits per heavy atom. The molecule has 20 heavy (non-hydrogen) atoms. The Kier molecular flexibility index (Phi) is 4.49. The monoisotopic (exact) mass is 293 g/mol. The second kappa shape index (κ2) is 6.17. The molecule has 2 fully saturated rings. The van der Waals surface area contributed by atoms with Gasteiger partial charge in [-0.3, -0.25) is 0 Å². The molecule has 0 amide bonds. The van der Waals surface area contributed by atoms with Crippen LogP contribution < -0.4 is 5.32 Å². The van der Waals surface area contributed by atoms with Crippen molar-refractivity contribution in [2.45, 2.75) is 70.6 Å². The van der Waals surface area contributed by atoms with Crippen LogP contribution in [0.2, 0.25) is 0 Å². The predicted octanol–water partition coefficient (Wildman–Crippen LogP) is 4.53.